The van der Waals surface area contributed by atoms with Gasteiger partial charge >= 0.3 is 0 Å². The van der Waals surface area contributed by atoms with Gasteiger partial charge in [0.2, 0.25) is 0 Å². The van der Waals surface area contributed by atoms with E-state index in [2.05, 4.69) is 51.4 Å². The van der Waals surface area contributed by atoms with E-state index in [0.29, 0.717) is 11.5 Å². The van der Waals surface area contributed by atoms with Crippen molar-refractivity contribution in [1.29, 1.82) is 0 Å². The molecule has 1 N–H and O–H groups in total. The summed E-state index contributed by atoms with van der Waals surface area (Å²) in [4.78, 5) is 0. The summed E-state index contributed by atoms with van der Waals surface area (Å²) >= 11 is 0. The summed E-state index contributed by atoms with van der Waals surface area (Å²) in [7, 11) is 4.06. The minimum Gasteiger partial charge on any atom is -0.317 e. The molecule has 0 aliphatic heterocycles. The molecule has 1 aromatic rings. The highest BCUT2D eigenvalue weighted by molar-refractivity contribution is 5.03. The van der Waals surface area contributed by atoms with E-state index in [1.54, 1.807) is 0 Å². The fourth-order valence-electron chi connectivity index (χ4n) is 2.94. The predicted octanol–water partition coefficient (Wildman–Crippen LogP) is 3.40. The van der Waals surface area contributed by atoms with E-state index in [4.69, 9.17) is 0 Å². The molecule has 1 heterocycles. The van der Waals surface area contributed by atoms with Crippen LogP contribution in [0.1, 0.15) is 52.5 Å². The number of aromatic nitrogens is 2. The first-order valence-electron chi connectivity index (χ1n) is 7.45. The Morgan fingerprint density at radius 3 is 2.53 bits per heavy atom. The second-order valence-electron chi connectivity index (χ2n) is 7.15. The first-order chi connectivity index (χ1) is 8.80. The summed E-state index contributed by atoms with van der Waals surface area (Å²) in [6.45, 7) is 9.36. The van der Waals surface area contributed by atoms with Crippen LogP contribution in [0, 0.1) is 11.3 Å². The largest absolute Gasteiger partial charge is 0.317 e. The molecule has 2 atom stereocenters. The molecule has 1 aromatic heterocycles. The number of rotatable bonds is 7. The van der Waals surface area contributed by atoms with Crippen molar-refractivity contribution in [2.75, 3.05) is 7.05 Å². The Hall–Kier alpha value is -0.830. The normalized spacial score (nSPS) is 15.5. The van der Waals surface area contributed by atoms with E-state index in [1.165, 1.54) is 24.8 Å². The number of hydrogen-bond acceptors (Lipinski definition) is 2. The molecule has 0 aliphatic rings. The Balaban J connectivity index is 2.37. The molecule has 1 rings (SSSR count). The maximum atomic E-state index is 4.23. The minimum absolute atomic E-state index is 0.432. The second-order valence-corrected chi connectivity index (χ2v) is 7.15. The Kier molecular flexibility index (Phi) is 6.05. The van der Waals surface area contributed by atoms with Gasteiger partial charge in [-0.15, -0.1) is 0 Å². The van der Waals surface area contributed by atoms with Crippen LogP contribution in [0.5, 0.6) is 0 Å². The van der Waals surface area contributed by atoms with Crippen LogP contribution in [0.25, 0.3) is 0 Å². The van der Waals surface area contributed by atoms with Gasteiger partial charge in [-0.1, -0.05) is 27.7 Å². The molecule has 110 valence electrons. The monoisotopic (exact) mass is 265 g/mol. The van der Waals surface area contributed by atoms with E-state index >= 15 is 0 Å². The molecule has 2 unspecified atom stereocenters. The highest BCUT2D eigenvalue weighted by atomic mass is 15.2. The van der Waals surface area contributed by atoms with Crippen molar-refractivity contribution in [2.45, 2.75) is 59.4 Å². The van der Waals surface area contributed by atoms with Gasteiger partial charge in [0.25, 0.3) is 0 Å². The molecule has 0 saturated heterocycles. The molecule has 3 heteroatoms. The summed E-state index contributed by atoms with van der Waals surface area (Å²) in [5.74, 6) is 0.770. The lowest BCUT2D eigenvalue weighted by atomic mass is 9.82. The second kappa shape index (κ2) is 7.09. The van der Waals surface area contributed by atoms with Gasteiger partial charge in [-0.2, -0.15) is 5.10 Å². The zero-order chi connectivity index (χ0) is 14.5. The first-order valence-corrected chi connectivity index (χ1v) is 7.45. The molecule has 19 heavy (non-hydrogen) atoms. The molecule has 0 amide bonds. The van der Waals surface area contributed by atoms with Crippen LogP contribution in [0.15, 0.2) is 12.4 Å². The van der Waals surface area contributed by atoms with Gasteiger partial charge in [0.15, 0.2) is 0 Å². The SMILES string of the molecule is CNC(CCc1cnn(C)c1)CC(C)CC(C)(C)C. The lowest BCUT2D eigenvalue weighted by molar-refractivity contribution is 0.274. The van der Waals surface area contributed by atoms with Crippen LogP contribution in [-0.2, 0) is 13.5 Å². The van der Waals surface area contributed by atoms with Crippen molar-refractivity contribution in [3.63, 3.8) is 0 Å². The van der Waals surface area contributed by atoms with Crippen molar-refractivity contribution < 1.29 is 0 Å². The molecule has 0 aromatic carbocycles. The van der Waals surface area contributed by atoms with E-state index in [1.807, 2.05) is 17.9 Å². The Bertz CT molecular complexity index is 362. The molecule has 0 spiro atoms. The highest BCUT2D eigenvalue weighted by Gasteiger charge is 2.18. The lowest BCUT2D eigenvalue weighted by Gasteiger charge is -2.26. The van der Waals surface area contributed by atoms with E-state index in [0.717, 1.165) is 12.3 Å². The third kappa shape index (κ3) is 6.76. The fourth-order valence-corrected chi connectivity index (χ4v) is 2.94. The Morgan fingerprint density at radius 1 is 1.37 bits per heavy atom. The van der Waals surface area contributed by atoms with Crippen LogP contribution in [-0.4, -0.2) is 22.9 Å². The quantitative estimate of drug-likeness (QED) is 0.819. The van der Waals surface area contributed by atoms with Gasteiger partial charge in [-0.3, -0.25) is 4.68 Å². The average Bonchev–Trinajstić information content (AvgIpc) is 2.67. The van der Waals surface area contributed by atoms with E-state index in [-0.39, 0.29) is 0 Å². The summed E-state index contributed by atoms with van der Waals surface area (Å²) in [6, 6.07) is 0.609. The summed E-state index contributed by atoms with van der Waals surface area (Å²) in [6.07, 6.45) is 8.95. The van der Waals surface area contributed by atoms with Crippen LogP contribution >= 0.6 is 0 Å². The topological polar surface area (TPSA) is 29.9 Å². The Labute approximate surface area is 118 Å². The van der Waals surface area contributed by atoms with Crippen molar-refractivity contribution in [3.8, 4) is 0 Å². The summed E-state index contributed by atoms with van der Waals surface area (Å²) in [5, 5.41) is 7.69. The summed E-state index contributed by atoms with van der Waals surface area (Å²) < 4.78 is 1.88. The fraction of sp³-hybridized carbons (Fsp3) is 0.812. The van der Waals surface area contributed by atoms with Crippen LogP contribution < -0.4 is 5.32 Å². The number of hydrogen-bond donors (Lipinski definition) is 1. The predicted molar refractivity (Wildman–Crippen MR) is 82.2 cm³/mol. The molecule has 0 bridgehead atoms. The van der Waals surface area contributed by atoms with E-state index < -0.39 is 0 Å². The van der Waals surface area contributed by atoms with Crippen molar-refractivity contribution in [1.82, 2.24) is 15.1 Å². The maximum absolute atomic E-state index is 4.23. The maximum Gasteiger partial charge on any atom is 0.0521 e. The molecular formula is C16H31N3. The molecule has 0 fully saturated rings. The highest BCUT2D eigenvalue weighted by Crippen LogP contribution is 2.27. The van der Waals surface area contributed by atoms with Gasteiger partial charge in [-0.25, -0.2) is 0 Å². The van der Waals surface area contributed by atoms with Crippen LogP contribution in [0.3, 0.4) is 0 Å². The van der Waals surface area contributed by atoms with Crippen molar-refractivity contribution >= 4 is 0 Å². The van der Waals surface area contributed by atoms with Gasteiger partial charge in [0, 0.05) is 19.3 Å². The molecule has 0 radical (unpaired) electrons. The number of nitrogens with one attached hydrogen (secondary N) is 1. The number of aryl methyl sites for hydroxylation is 2. The molecular weight excluding hydrogens is 234 g/mol. The average molecular weight is 265 g/mol. The third-order valence-corrected chi connectivity index (χ3v) is 3.60. The first kappa shape index (κ1) is 16.2. The third-order valence-electron chi connectivity index (χ3n) is 3.60. The van der Waals surface area contributed by atoms with Crippen LogP contribution in [0.4, 0.5) is 0 Å². The van der Waals surface area contributed by atoms with Crippen LogP contribution in [0.2, 0.25) is 0 Å². The smallest absolute Gasteiger partial charge is 0.0521 e. The van der Waals surface area contributed by atoms with Crippen molar-refractivity contribution in [2.24, 2.45) is 18.4 Å². The van der Waals surface area contributed by atoms with Gasteiger partial charge in [-0.05, 0) is 49.6 Å². The zero-order valence-electron chi connectivity index (χ0n) is 13.5. The molecule has 0 saturated carbocycles. The Morgan fingerprint density at radius 2 is 2.05 bits per heavy atom. The van der Waals surface area contributed by atoms with Gasteiger partial charge in [0.05, 0.1) is 6.20 Å². The molecule has 0 aliphatic carbocycles. The minimum atomic E-state index is 0.432. The molecule has 3 nitrogen and oxygen atoms in total. The summed E-state index contributed by atoms with van der Waals surface area (Å²) in [5.41, 5.74) is 1.77. The van der Waals surface area contributed by atoms with Gasteiger partial charge in [0.1, 0.15) is 0 Å². The van der Waals surface area contributed by atoms with E-state index in [9.17, 15) is 0 Å². The van der Waals surface area contributed by atoms with Gasteiger partial charge < -0.3 is 5.32 Å². The number of nitrogens with zero attached hydrogens (tertiary/aromatic N) is 2. The standard InChI is InChI=1S/C16H31N3/c1-13(10-16(2,3)4)9-15(17-5)8-7-14-11-18-19(6)12-14/h11-13,15,17H,7-10H2,1-6H3. The lowest BCUT2D eigenvalue weighted by Crippen LogP contribution is -2.29. The zero-order valence-corrected chi connectivity index (χ0v) is 13.5. The van der Waals surface area contributed by atoms with Crippen molar-refractivity contribution in [3.05, 3.63) is 18.0 Å².